The van der Waals surface area contributed by atoms with Gasteiger partial charge in [0.2, 0.25) is 0 Å². The monoisotopic (exact) mass is 300 g/mol. The Balaban J connectivity index is 3.89. The Hall–Kier alpha value is -1.85. The highest BCUT2D eigenvalue weighted by molar-refractivity contribution is 5.93. The van der Waals surface area contributed by atoms with Crippen molar-refractivity contribution < 1.29 is 28.6 Å². The summed E-state index contributed by atoms with van der Waals surface area (Å²) in [6.07, 6.45) is 1.36. The lowest BCUT2D eigenvalue weighted by molar-refractivity contribution is -0.158. The largest absolute Gasteiger partial charge is 0.463 e. The van der Waals surface area contributed by atoms with Crippen molar-refractivity contribution in [1.82, 2.24) is 0 Å². The molecule has 0 aromatic heterocycles. The molecule has 21 heavy (non-hydrogen) atoms. The van der Waals surface area contributed by atoms with Crippen LogP contribution in [0.1, 0.15) is 40.0 Å². The van der Waals surface area contributed by atoms with Gasteiger partial charge in [-0.1, -0.05) is 33.8 Å². The van der Waals surface area contributed by atoms with Crippen molar-refractivity contribution in [3.05, 3.63) is 12.2 Å². The van der Waals surface area contributed by atoms with Crippen LogP contribution in [0.4, 0.5) is 0 Å². The number of ether oxygens (including phenoxy) is 3. The first-order valence-corrected chi connectivity index (χ1v) is 7.03. The van der Waals surface area contributed by atoms with E-state index >= 15 is 0 Å². The molecule has 0 saturated heterocycles. The number of hydrogen-bond acceptors (Lipinski definition) is 6. The van der Waals surface area contributed by atoms with Gasteiger partial charge in [-0.25, -0.2) is 9.59 Å². The second-order valence-corrected chi connectivity index (χ2v) is 5.01. The molecule has 0 N–H and O–H groups in total. The van der Waals surface area contributed by atoms with Crippen LogP contribution >= 0.6 is 0 Å². The van der Waals surface area contributed by atoms with Crippen LogP contribution in [0.25, 0.3) is 0 Å². The Morgan fingerprint density at radius 2 is 1.71 bits per heavy atom. The zero-order valence-corrected chi connectivity index (χ0v) is 13.0. The highest BCUT2D eigenvalue weighted by Gasteiger charge is 2.16. The van der Waals surface area contributed by atoms with Gasteiger partial charge in [-0.05, 0) is 12.3 Å². The number of esters is 3. The van der Waals surface area contributed by atoms with Gasteiger partial charge < -0.3 is 14.2 Å². The highest BCUT2D eigenvalue weighted by Crippen LogP contribution is 2.05. The van der Waals surface area contributed by atoms with E-state index in [-0.39, 0.29) is 24.5 Å². The van der Waals surface area contributed by atoms with Crippen molar-refractivity contribution in [2.45, 2.75) is 40.0 Å². The maximum Gasteiger partial charge on any atom is 0.344 e. The third-order valence-corrected chi connectivity index (χ3v) is 2.31. The minimum atomic E-state index is -0.714. The zero-order valence-electron chi connectivity index (χ0n) is 13.0. The highest BCUT2D eigenvalue weighted by atomic mass is 16.6. The van der Waals surface area contributed by atoms with Crippen LogP contribution in [0.5, 0.6) is 0 Å². The van der Waals surface area contributed by atoms with Crippen molar-refractivity contribution in [2.75, 3.05) is 19.8 Å². The number of unbranched alkanes of at least 4 members (excludes halogenated alkanes) is 1. The molecule has 0 aromatic carbocycles. The Morgan fingerprint density at radius 1 is 1.05 bits per heavy atom. The van der Waals surface area contributed by atoms with E-state index in [1.54, 1.807) is 0 Å². The van der Waals surface area contributed by atoms with Crippen molar-refractivity contribution >= 4 is 17.9 Å². The fourth-order valence-electron chi connectivity index (χ4n) is 1.15. The quantitative estimate of drug-likeness (QED) is 0.266. The summed E-state index contributed by atoms with van der Waals surface area (Å²) in [6, 6.07) is 0. The maximum absolute atomic E-state index is 11.5. The number of carbonyl (C=O) groups is 3. The summed E-state index contributed by atoms with van der Waals surface area (Å²) in [5, 5.41) is 0. The first kappa shape index (κ1) is 19.1. The Kier molecular flexibility index (Phi) is 9.92. The summed E-state index contributed by atoms with van der Waals surface area (Å²) < 4.78 is 14.4. The van der Waals surface area contributed by atoms with Gasteiger partial charge in [-0.2, -0.15) is 0 Å². The topological polar surface area (TPSA) is 78.9 Å². The maximum atomic E-state index is 11.5. The molecule has 0 aliphatic rings. The van der Waals surface area contributed by atoms with E-state index in [4.69, 9.17) is 14.2 Å². The van der Waals surface area contributed by atoms with Gasteiger partial charge in [0.1, 0.15) is 0 Å². The summed E-state index contributed by atoms with van der Waals surface area (Å²) >= 11 is 0. The predicted molar refractivity (Wildman–Crippen MR) is 76.4 cm³/mol. The normalized spacial score (nSPS) is 10.1. The molecule has 0 fully saturated rings. The third kappa shape index (κ3) is 10.6. The first-order valence-electron chi connectivity index (χ1n) is 7.03. The molecule has 0 unspecified atom stereocenters. The van der Waals surface area contributed by atoms with Crippen LogP contribution in [0.3, 0.4) is 0 Å². The number of hydrogen-bond donors (Lipinski definition) is 0. The third-order valence-electron chi connectivity index (χ3n) is 2.31. The van der Waals surface area contributed by atoms with Crippen molar-refractivity contribution in [1.29, 1.82) is 0 Å². The van der Waals surface area contributed by atoms with Crippen LogP contribution < -0.4 is 0 Å². The average Bonchev–Trinajstić information content (AvgIpc) is 2.42. The molecule has 0 saturated carbocycles. The average molecular weight is 300 g/mol. The number of carbonyl (C=O) groups excluding carboxylic acids is 3. The Morgan fingerprint density at radius 3 is 2.29 bits per heavy atom. The van der Waals surface area contributed by atoms with E-state index in [2.05, 4.69) is 6.58 Å². The second kappa shape index (κ2) is 10.9. The Labute approximate surface area is 125 Å². The van der Waals surface area contributed by atoms with Gasteiger partial charge in [-0.15, -0.1) is 0 Å². The molecule has 0 aliphatic heterocycles. The standard InChI is InChI=1S/C15H24O6/c1-5-6-7-19-14(17)10-20-13(16)8-12(4)15(18)21-9-11(2)3/h11H,4-10H2,1-3H3. The fourth-order valence-corrected chi connectivity index (χ4v) is 1.15. The smallest absolute Gasteiger partial charge is 0.344 e. The lowest BCUT2D eigenvalue weighted by Gasteiger charge is -2.09. The molecule has 120 valence electrons. The molecule has 0 atom stereocenters. The molecule has 0 aromatic rings. The minimum absolute atomic E-state index is 0.000000307. The van der Waals surface area contributed by atoms with Gasteiger partial charge in [-0.3, -0.25) is 4.79 Å². The van der Waals surface area contributed by atoms with E-state index in [1.807, 2.05) is 20.8 Å². The summed E-state index contributed by atoms with van der Waals surface area (Å²) in [5.41, 5.74) is 0.000000307. The first-order chi connectivity index (χ1) is 9.86. The molecular formula is C15H24O6. The summed E-state index contributed by atoms with van der Waals surface area (Å²) in [5.74, 6) is -1.75. The van der Waals surface area contributed by atoms with Crippen molar-refractivity contribution in [3.8, 4) is 0 Å². The van der Waals surface area contributed by atoms with E-state index in [1.165, 1.54) is 0 Å². The van der Waals surface area contributed by atoms with Crippen LogP contribution in [0.2, 0.25) is 0 Å². The molecule has 0 rings (SSSR count). The van der Waals surface area contributed by atoms with Gasteiger partial charge in [0, 0.05) is 5.57 Å². The molecule has 0 spiro atoms. The van der Waals surface area contributed by atoms with Crippen LogP contribution in [0, 0.1) is 5.92 Å². The molecule has 6 heteroatoms. The summed E-state index contributed by atoms with van der Waals surface area (Å²) in [7, 11) is 0. The lowest BCUT2D eigenvalue weighted by atomic mass is 10.2. The molecule has 0 bridgehead atoms. The molecular weight excluding hydrogens is 276 g/mol. The second-order valence-electron chi connectivity index (χ2n) is 5.01. The van der Waals surface area contributed by atoms with Gasteiger partial charge in [0.05, 0.1) is 19.6 Å². The van der Waals surface area contributed by atoms with Gasteiger partial charge >= 0.3 is 17.9 Å². The lowest BCUT2D eigenvalue weighted by Crippen LogP contribution is -2.19. The molecule has 6 nitrogen and oxygen atoms in total. The minimum Gasteiger partial charge on any atom is -0.463 e. The van der Waals surface area contributed by atoms with Gasteiger partial charge in [0.15, 0.2) is 6.61 Å². The summed E-state index contributed by atoms with van der Waals surface area (Å²) in [6.45, 7) is 9.34. The van der Waals surface area contributed by atoms with E-state index < -0.39 is 24.5 Å². The SMILES string of the molecule is C=C(CC(=O)OCC(=O)OCCCC)C(=O)OCC(C)C. The van der Waals surface area contributed by atoms with E-state index in [0.29, 0.717) is 6.61 Å². The van der Waals surface area contributed by atoms with Gasteiger partial charge in [0.25, 0.3) is 0 Å². The van der Waals surface area contributed by atoms with E-state index in [9.17, 15) is 14.4 Å². The van der Waals surface area contributed by atoms with Crippen LogP contribution in [0.15, 0.2) is 12.2 Å². The zero-order chi connectivity index (χ0) is 16.3. The fraction of sp³-hybridized carbons (Fsp3) is 0.667. The number of rotatable bonds is 10. The molecule has 0 amide bonds. The van der Waals surface area contributed by atoms with Crippen LogP contribution in [-0.4, -0.2) is 37.7 Å². The van der Waals surface area contributed by atoms with Crippen molar-refractivity contribution in [3.63, 3.8) is 0 Å². The van der Waals surface area contributed by atoms with Crippen molar-refractivity contribution in [2.24, 2.45) is 5.92 Å². The molecule has 0 aliphatic carbocycles. The molecule has 0 radical (unpaired) electrons. The molecule has 0 heterocycles. The van der Waals surface area contributed by atoms with E-state index in [0.717, 1.165) is 12.8 Å². The van der Waals surface area contributed by atoms with Crippen LogP contribution in [-0.2, 0) is 28.6 Å². The summed E-state index contributed by atoms with van der Waals surface area (Å²) in [4.78, 5) is 34.1. The predicted octanol–water partition coefficient (Wildman–Crippen LogP) is 2.02. The Bertz CT molecular complexity index is 372.